The highest BCUT2D eigenvalue weighted by Gasteiger charge is 2.38. The van der Waals surface area contributed by atoms with E-state index in [1.165, 1.54) is 0 Å². The molecule has 0 amide bonds. The lowest BCUT2D eigenvalue weighted by atomic mass is 9.90. The summed E-state index contributed by atoms with van der Waals surface area (Å²) in [4.78, 5) is 5.26. The molecule has 3 aromatic rings. The van der Waals surface area contributed by atoms with Crippen LogP contribution < -0.4 is 5.32 Å². The molecule has 36 heavy (non-hydrogen) atoms. The highest BCUT2D eigenvalue weighted by atomic mass is 79.9. The maximum absolute atomic E-state index is 13.5. The summed E-state index contributed by atoms with van der Waals surface area (Å²) in [6.07, 6.45) is 9.20. The lowest BCUT2D eigenvalue weighted by Gasteiger charge is -2.27. The van der Waals surface area contributed by atoms with Crippen molar-refractivity contribution in [2.45, 2.75) is 62.7 Å². The van der Waals surface area contributed by atoms with Crippen molar-refractivity contribution in [1.82, 2.24) is 14.6 Å². The molecule has 0 spiro atoms. The summed E-state index contributed by atoms with van der Waals surface area (Å²) in [5.74, 6) is 0.363. The van der Waals surface area contributed by atoms with Gasteiger partial charge in [-0.1, -0.05) is 48.7 Å². The summed E-state index contributed by atoms with van der Waals surface area (Å²) >= 11 is 9.99. The van der Waals surface area contributed by atoms with Gasteiger partial charge in [0.25, 0.3) is 0 Å². The van der Waals surface area contributed by atoms with E-state index in [0.29, 0.717) is 47.7 Å². The third kappa shape index (κ3) is 4.91. The van der Waals surface area contributed by atoms with Crippen molar-refractivity contribution >= 4 is 48.8 Å². The minimum Gasteiger partial charge on any atom is -0.367 e. The number of allylic oxidation sites excluding steroid dienone is 2. The molecule has 1 saturated carbocycles. The molecular formula is C26H27BrClN5O2S. The Kier molecular flexibility index (Phi) is 7.38. The fourth-order valence-corrected chi connectivity index (χ4v) is 8.11. The van der Waals surface area contributed by atoms with Crippen LogP contribution in [0.1, 0.15) is 51.4 Å². The molecule has 10 heteroatoms. The minimum atomic E-state index is -3.48. The molecule has 3 atom stereocenters. The van der Waals surface area contributed by atoms with Crippen molar-refractivity contribution in [3.05, 3.63) is 57.0 Å². The number of hydrogen-bond acceptors (Lipinski definition) is 6. The summed E-state index contributed by atoms with van der Waals surface area (Å²) < 4.78 is 29.4. The van der Waals surface area contributed by atoms with Crippen molar-refractivity contribution in [2.75, 3.05) is 5.32 Å². The highest BCUT2D eigenvalue weighted by molar-refractivity contribution is 9.10. The van der Waals surface area contributed by atoms with Gasteiger partial charge in [0, 0.05) is 27.6 Å². The van der Waals surface area contributed by atoms with E-state index < -0.39 is 21.0 Å². The van der Waals surface area contributed by atoms with Crippen LogP contribution in [0.2, 0.25) is 5.02 Å². The molecule has 1 fully saturated rings. The minimum absolute atomic E-state index is 0.0553. The third-order valence-corrected chi connectivity index (χ3v) is 10.5. The lowest BCUT2D eigenvalue weighted by molar-refractivity contribution is 0.420. The van der Waals surface area contributed by atoms with E-state index in [1.807, 2.05) is 36.4 Å². The molecule has 0 saturated heterocycles. The molecule has 2 aliphatic carbocycles. The van der Waals surface area contributed by atoms with Crippen molar-refractivity contribution < 1.29 is 8.42 Å². The molecule has 3 unspecified atom stereocenters. The Morgan fingerprint density at radius 1 is 1.17 bits per heavy atom. The van der Waals surface area contributed by atoms with Crippen molar-refractivity contribution in [3.8, 4) is 17.3 Å². The molecule has 2 heterocycles. The molecule has 0 radical (unpaired) electrons. The number of halogens is 2. The summed E-state index contributed by atoms with van der Waals surface area (Å²) in [6, 6.07) is 11.8. The number of nitriles is 1. The predicted molar refractivity (Wildman–Crippen MR) is 145 cm³/mol. The Balaban J connectivity index is 1.38. The first-order valence-corrected chi connectivity index (χ1v) is 15.0. The van der Waals surface area contributed by atoms with Crippen molar-refractivity contribution in [3.63, 3.8) is 0 Å². The van der Waals surface area contributed by atoms with Crippen LogP contribution in [-0.2, 0) is 9.84 Å². The summed E-state index contributed by atoms with van der Waals surface area (Å²) in [7, 11) is -3.48. The molecular weight excluding hydrogens is 562 g/mol. The summed E-state index contributed by atoms with van der Waals surface area (Å²) in [5, 5.41) is 17.6. The highest BCUT2D eigenvalue weighted by Crippen LogP contribution is 2.36. The van der Waals surface area contributed by atoms with Crippen LogP contribution in [0.3, 0.4) is 0 Å². The SMILES string of the molecule is N#CC1CCCCC1S(=O)(=O)C1=CCCC(Nc2cc(-c3ccccc3Cl)nc3c(Br)cnn23)CC1. The quantitative estimate of drug-likeness (QED) is 0.363. The van der Waals surface area contributed by atoms with Gasteiger partial charge < -0.3 is 5.32 Å². The van der Waals surface area contributed by atoms with Crippen molar-refractivity contribution in [2.24, 2.45) is 5.92 Å². The average molecular weight is 589 g/mol. The van der Waals surface area contributed by atoms with Gasteiger partial charge in [0.2, 0.25) is 0 Å². The zero-order chi connectivity index (χ0) is 25.3. The largest absolute Gasteiger partial charge is 0.367 e. The first-order chi connectivity index (χ1) is 17.4. The number of aromatic nitrogens is 3. The lowest BCUT2D eigenvalue weighted by Crippen LogP contribution is -2.33. The Hall–Kier alpha value is -2.41. The molecule has 0 bridgehead atoms. The number of anilines is 1. The van der Waals surface area contributed by atoms with Gasteiger partial charge in [-0.15, -0.1) is 0 Å². The fraction of sp³-hybridized carbons (Fsp3) is 0.423. The normalized spacial score (nSPS) is 23.0. The number of hydrogen-bond donors (Lipinski definition) is 1. The molecule has 1 aromatic carbocycles. The van der Waals surface area contributed by atoms with Gasteiger partial charge in [-0.3, -0.25) is 0 Å². The van der Waals surface area contributed by atoms with Crippen LogP contribution in [0, 0.1) is 17.2 Å². The van der Waals surface area contributed by atoms with Crippen molar-refractivity contribution in [1.29, 1.82) is 5.26 Å². The van der Waals surface area contributed by atoms with Gasteiger partial charge in [0.05, 0.1) is 33.6 Å². The monoisotopic (exact) mass is 587 g/mol. The number of fused-ring (bicyclic) bond motifs is 1. The molecule has 7 nitrogen and oxygen atoms in total. The van der Waals surface area contributed by atoms with E-state index in [4.69, 9.17) is 16.6 Å². The summed E-state index contributed by atoms with van der Waals surface area (Å²) in [6.45, 7) is 0. The number of sulfone groups is 1. The molecule has 5 rings (SSSR count). The van der Waals surface area contributed by atoms with E-state index in [-0.39, 0.29) is 6.04 Å². The smallest absolute Gasteiger partial charge is 0.178 e. The maximum atomic E-state index is 13.5. The molecule has 188 valence electrons. The van der Waals surface area contributed by atoms with E-state index in [0.717, 1.165) is 40.8 Å². The predicted octanol–water partition coefficient (Wildman–Crippen LogP) is 6.55. The van der Waals surface area contributed by atoms with E-state index >= 15 is 0 Å². The first kappa shape index (κ1) is 25.2. The molecule has 2 aromatic heterocycles. The summed E-state index contributed by atoms with van der Waals surface area (Å²) in [5.41, 5.74) is 2.23. The molecule has 2 aliphatic rings. The Morgan fingerprint density at radius 3 is 2.78 bits per heavy atom. The maximum Gasteiger partial charge on any atom is 0.178 e. The average Bonchev–Trinajstić information content (AvgIpc) is 3.09. The van der Waals surface area contributed by atoms with Crippen LogP contribution in [0.5, 0.6) is 0 Å². The topological polar surface area (TPSA) is 100 Å². The number of benzene rings is 1. The number of nitrogens with one attached hydrogen (secondary N) is 1. The zero-order valence-corrected chi connectivity index (χ0v) is 22.9. The van der Waals surface area contributed by atoms with E-state index in [2.05, 4.69) is 32.4 Å². The second kappa shape index (κ2) is 10.5. The van der Waals surface area contributed by atoms with Gasteiger partial charge >= 0.3 is 0 Å². The zero-order valence-electron chi connectivity index (χ0n) is 19.7. The Bertz CT molecular complexity index is 1460. The second-order valence-electron chi connectivity index (χ2n) is 9.47. The van der Waals surface area contributed by atoms with E-state index in [9.17, 15) is 13.7 Å². The standard InChI is InChI=1S/C26H27BrClN5O2S/c27-21-16-30-33-25(14-23(32-26(21)33)20-9-2-3-10-22(20)28)31-18-7-5-8-19(13-12-18)36(34,35)24-11-4-1-6-17(24)15-29/h2-3,8-10,14,16-18,24,31H,1,4-7,11-13H2. The van der Waals surface area contributed by atoms with Crippen LogP contribution in [0.4, 0.5) is 5.82 Å². The van der Waals surface area contributed by atoms with Gasteiger partial charge in [-0.25, -0.2) is 13.4 Å². The third-order valence-electron chi connectivity index (χ3n) is 7.19. The van der Waals surface area contributed by atoms with Crippen LogP contribution >= 0.6 is 27.5 Å². The molecule has 0 aliphatic heterocycles. The Labute approximate surface area is 224 Å². The van der Waals surface area contributed by atoms with Gasteiger partial charge in [-0.2, -0.15) is 14.9 Å². The number of nitrogens with zero attached hydrogens (tertiary/aromatic N) is 4. The Morgan fingerprint density at radius 2 is 1.97 bits per heavy atom. The van der Waals surface area contributed by atoms with Gasteiger partial charge in [-0.05, 0) is 60.5 Å². The molecule has 1 N–H and O–H groups in total. The van der Waals surface area contributed by atoms with Gasteiger partial charge in [0.15, 0.2) is 15.5 Å². The fourth-order valence-electron chi connectivity index (χ4n) is 5.28. The van der Waals surface area contributed by atoms with Gasteiger partial charge in [0.1, 0.15) is 5.82 Å². The van der Waals surface area contributed by atoms with Crippen LogP contribution in [0.15, 0.2) is 52.0 Å². The van der Waals surface area contributed by atoms with E-state index in [1.54, 1.807) is 10.7 Å². The van der Waals surface area contributed by atoms with Crippen LogP contribution in [0.25, 0.3) is 16.9 Å². The number of rotatable bonds is 5. The second-order valence-corrected chi connectivity index (χ2v) is 12.9. The van der Waals surface area contributed by atoms with Crippen LogP contribution in [-0.4, -0.2) is 34.3 Å². The first-order valence-electron chi connectivity index (χ1n) is 12.3.